The maximum atomic E-state index is 15.8. The fourth-order valence-electron chi connectivity index (χ4n) is 15.7. The second-order valence-corrected chi connectivity index (χ2v) is 30.6. The number of piperidine rings is 1. The fraction of sp³-hybridized carbons (Fsp3) is 0.831. The Morgan fingerprint density at radius 3 is 1.82 bits per heavy atom. The zero-order valence-corrected chi connectivity index (χ0v) is 61.8. The number of unbranched alkanes of at least 4 members (excludes halogenated alkanes) is 2. The van der Waals surface area contributed by atoms with Gasteiger partial charge in [-0.2, -0.15) is 13.2 Å². The maximum Gasteiger partial charge on any atom is 0.393 e. The van der Waals surface area contributed by atoms with Gasteiger partial charge in [-0.1, -0.05) is 92.4 Å². The van der Waals surface area contributed by atoms with Crippen LogP contribution < -0.4 is 16.0 Å². The van der Waals surface area contributed by atoms with Crippen LogP contribution in [0.25, 0.3) is 0 Å². The van der Waals surface area contributed by atoms with Gasteiger partial charge >= 0.3 is 6.18 Å². The summed E-state index contributed by atoms with van der Waals surface area (Å²) in [5.41, 5.74) is -1.55. The van der Waals surface area contributed by atoms with Crippen LogP contribution in [0.2, 0.25) is 0 Å². The summed E-state index contributed by atoms with van der Waals surface area (Å²) in [7, 11) is 10.0. The van der Waals surface area contributed by atoms with Crippen LogP contribution in [-0.4, -0.2) is 263 Å². The Hall–Kier alpha value is -6.28. The van der Waals surface area contributed by atoms with Crippen molar-refractivity contribution < 1.29 is 70.7 Å². The number of alkyl halides is 4. The lowest BCUT2D eigenvalue weighted by atomic mass is 9.78. The summed E-state index contributed by atoms with van der Waals surface area (Å²) in [6, 6.07) is -8.53. The lowest BCUT2D eigenvalue weighted by Gasteiger charge is -2.43. The Balaban J connectivity index is 1.42. The van der Waals surface area contributed by atoms with Gasteiger partial charge < -0.3 is 60.0 Å². The van der Waals surface area contributed by atoms with E-state index in [-0.39, 0.29) is 82.6 Å². The minimum Gasteiger partial charge on any atom is -0.343 e. The Labute approximate surface area is 589 Å². The standard InChI is InChI=1S/C71H116ClF3N12O12/c1-13-15-18-28-53-65(95)80(7)42-56(88)76-51(33-31-47-30-32-49(50(72)40-47)71(73,74)75)64(94)87-38-25-29-52(87)63(93)78-70(34-21-22-35-70)69(99)85(12)61(48-26-19-16-20-27-48)68(98)84(11)55(66(96)86-36-23-17-24-37-86)41-57(89)83(10)54(39-45(3)4)62(92)77-60(46(5)14-2)67(97)81(8)43-58(90)79(6)44-59(91)82(53)9/h45-55,60-61H,13-44H2,1-12H3,(H,76,88)(H,77,92)(H,78,93)/t46-,47?,49?,50?,51-,52-,53-,54-,55-,60-,61-/m0/s1. The average molecular weight is 1420 g/mol. The van der Waals surface area contributed by atoms with Crippen molar-refractivity contribution in [2.24, 2.45) is 29.6 Å². The van der Waals surface area contributed by atoms with E-state index in [9.17, 15) is 41.9 Å². The lowest BCUT2D eigenvalue weighted by Crippen LogP contribution is -2.65. The second-order valence-electron chi connectivity index (χ2n) is 30.0. The van der Waals surface area contributed by atoms with E-state index in [0.717, 1.165) is 46.8 Å². The Morgan fingerprint density at radius 1 is 0.596 bits per heavy atom. The molecule has 0 aromatic heterocycles. The van der Waals surface area contributed by atoms with Gasteiger partial charge in [-0.25, -0.2) is 0 Å². The molecule has 11 atom stereocenters. The van der Waals surface area contributed by atoms with E-state index in [4.69, 9.17) is 11.6 Å². The molecule has 1 spiro atoms. The highest BCUT2D eigenvalue weighted by Crippen LogP contribution is 2.44. The molecule has 6 rings (SSSR count). The summed E-state index contributed by atoms with van der Waals surface area (Å²) in [6.45, 7) is 8.50. The average Bonchev–Trinajstić information content (AvgIpc) is 1.75. The normalized spacial score (nSPS) is 29.2. The SMILES string of the molecule is CCCCC[C@H]1C(=O)N(C)CC(=O)N[C@@H](CCC2CCC(C(F)(F)F)C(Cl)C2)C(=O)N2CCC[C@H]2C(=O)NC2(CCCC2)C(=O)N(C)[C@@H](C2CCCCC2)C(=O)N(C)[C@H](C(=O)N2CCCCC2)CC(=O)N(C)[C@@H](CC(C)C)C(=O)N[C@@H]([C@@H](C)CC)C(=O)N(C)CC(=O)N(C)CC(=O)N1C. The quantitative estimate of drug-likeness (QED) is 0.140. The van der Waals surface area contributed by atoms with Gasteiger partial charge in [-0.15, -0.1) is 11.6 Å². The zero-order chi connectivity index (χ0) is 73.4. The number of carbonyl (C=O) groups is 12. The molecule has 6 fully saturated rings. The van der Waals surface area contributed by atoms with E-state index in [2.05, 4.69) is 16.0 Å². The summed E-state index contributed by atoms with van der Waals surface area (Å²) in [6.07, 6.45) is 5.44. The molecule has 3 aliphatic heterocycles. The topological polar surface area (TPSA) is 270 Å². The van der Waals surface area contributed by atoms with Crippen molar-refractivity contribution in [3.63, 3.8) is 0 Å². The van der Waals surface area contributed by atoms with Crippen LogP contribution in [0.1, 0.15) is 202 Å². The molecule has 24 nitrogen and oxygen atoms in total. The van der Waals surface area contributed by atoms with Gasteiger partial charge in [0.15, 0.2) is 0 Å². The monoisotopic (exact) mass is 1420 g/mol. The smallest absolute Gasteiger partial charge is 0.343 e. The van der Waals surface area contributed by atoms with Gasteiger partial charge in [0.1, 0.15) is 47.8 Å². The third-order valence-corrected chi connectivity index (χ3v) is 22.7. The van der Waals surface area contributed by atoms with Gasteiger partial charge in [-0.05, 0) is 126 Å². The van der Waals surface area contributed by atoms with Crippen molar-refractivity contribution in [3.8, 4) is 0 Å². The number of hydrogen-bond donors (Lipinski definition) is 3. The highest BCUT2D eigenvalue weighted by molar-refractivity contribution is 6.21. The van der Waals surface area contributed by atoms with E-state index in [1.165, 1.54) is 73.8 Å². The van der Waals surface area contributed by atoms with Crippen molar-refractivity contribution in [2.45, 2.75) is 261 Å². The molecule has 28 heteroatoms. The Bertz CT molecular complexity index is 2840. The molecule has 3 saturated heterocycles. The number of nitrogens with one attached hydrogen (secondary N) is 3. The Kier molecular flexibility index (Phi) is 30.6. The van der Waals surface area contributed by atoms with Crippen molar-refractivity contribution in [2.75, 3.05) is 88.6 Å². The van der Waals surface area contributed by atoms with Gasteiger partial charge in [0.25, 0.3) is 0 Å². The molecule has 3 unspecified atom stereocenters. The molecule has 3 N–H and O–H groups in total. The molecule has 12 amide bonds. The van der Waals surface area contributed by atoms with E-state index < -0.39 is 174 Å². The molecule has 99 heavy (non-hydrogen) atoms. The maximum absolute atomic E-state index is 15.8. The molecule has 3 aliphatic carbocycles. The number of likely N-dealkylation sites (N-methyl/N-ethyl adjacent to an activating group) is 7. The van der Waals surface area contributed by atoms with Crippen LogP contribution in [0, 0.1) is 29.6 Å². The minimum absolute atomic E-state index is 0.000174. The number of rotatable bonds is 13. The van der Waals surface area contributed by atoms with Gasteiger partial charge in [-0.3, -0.25) is 57.5 Å². The van der Waals surface area contributed by atoms with Gasteiger partial charge in [0.05, 0.1) is 32.0 Å². The number of likely N-dealkylation sites (tertiary alicyclic amines) is 1. The number of hydrogen-bond acceptors (Lipinski definition) is 12. The van der Waals surface area contributed by atoms with Gasteiger partial charge in [0, 0.05) is 74.3 Å². The van der Waals surface area contributed by atoms with Crippen molar-refractivity contribution >= 4 is 82.5 Å². The van der Waals surface area contributed by atoms with Crippen LogP contribution in [0.3, 0.4) is 0 Å². The molecule has 0 radical (unpaired) electrons. The first kappa shape index (κ1) is 81.7. The van der Waals surface area contributed by atoms with Crippen LogP contribution in [-0.2, 0) is 57.5 Å². The van der Waals surface area contributed by atoms with E-state index in [1.807, 2.05) is 27.7 Å². The zero-order valence-electron chi connectivity index (χ0n) is 61.1. The molecule has 560 valence electrons. The van der Waals surface area contributed by atoms with Crippen LogP contribution in [0.15, 0.2) is 0 Å². The van der Waals surface area contributed by atoms with Crippen LogP contribution >= 0.6 is 11.6 Å². The number of fused-ring (bicyclic) bond motifs is 1. The minimum atomic E-state index is -4.51. The fourth-order valence-corrected chi connectivity index (χ4v) is 16.3. The second kappa shape index (κ2) is 37.1. The largest absolute Gasteiger partial charge is 0.393 e. The molecular formula is C71H116ClF3N12O12. The molecule has 0 aromatic rings. The lowest BCUT2D eigenvalue weighted by molar-refractivity contribution is -0.182. The summed E-state index contributed by atoms with van der Waals surface area (Å²) < 4.78 is 42.0. The van der Waals surface area contributed by atoms with Crippen LogP contribution in [0.5, 0.6) is 0 Å². The number of amides is 12. The molecule has 0 aromatic carbocycles. The number of halogens is 4. The van der Waals surface area contributed by atoms with E-state index in [1.54, 1.807) is 11.8 Å². The van der Waals surface area contributed by atoms with Crippen molar-refractivity contribution in [1.82, 2.24) is 60.0 Å². The summed E-state index contributed by atoms with van der Waals surface area (Å²) >= 11 is 6.39. The van der Waals surface area contributed by atoms with Crippen LogP contribution in [0.4, 0.5) is 13.2 Å². The highest BCUT2D eigenvalue weighted by Gasteiger charge is 2.52. The third-order valence-electron chi connectivity index (χ3n) is 22.3. The van der Waals surface area contributed by atoms with E-state index in [0.29, 0.717) is 77.3 Å². The summed E-state index contributed by atoms with van der Waals surface area (Å²) in [5, 5.41) is 7.60. The predicted octanol–water partition coefficient (Wildman–Crippen LogP) is 6.09. The highest BCUT2D eigenvalue weighted by atomic mass is 35.5. The molecule has 3 saturated carbocycles. The third kappa shape index (κ3) is 21.2. The van der Waals surface area contributed by atoms with Gasteiger partial charge in [0.2, 0.25) is 70.9 Å². The van der Waals surface area contributed by atoms with Crippen molar-refractivity contribution in [1.29, 1.82) is 0 Å². The van der Waals surface area contributed by atoms with Crippen molar-refractivity contribution in [3.05, 3.63) is 0 Å². The predicted molar refractivity (Wildman–Crippen MR) is 368 cm³/mol. The first-order valence-corrected chi connectivity index (χ1v) is 37.1. The molecule has 6 aliphatic rings. The first-order valence-electron chi connectivity index (χ1n) is 36.7. The number of carbonyl (C=O) groups excluding carboxylic acids is 12. The first-order chi connectivity index (χ1) is 46.7. The summed E-state index contributed by atoms with van der Waals surface area (Å²) in [5.74, 6) is -10.6. The molecule has 3 heterocycles. The van der Waals surface area contributed by atoms with E-state index >= 15 is 28.8 Å². The molecular weight excluding hydrogens is 1310 g/mol. The Morgan fingerprint density at radius 2 is 1.21 bits per heavy atom. The molecule has 0 bridgehead atoms. The summed E-state index contributed by atoms with van der Waals surface area (Å²) in [4.78, 5) is 190. The number of nitrogens with zero attached hydrogens (tertiary/aromatic N) is 9.